The van der Waals surface area contributed by atoms with Gasteiger partial charge in [0.1, 0.15) is 6.04 Å². The largest absolute Gasteiger partial charge is 0.377 e. The summed E-state index contributed by atoms with van der Waals surface area (Å²) >= 11 is 0. The molecule has 3 rings (SSSR count). The Kier molecular flexibility index (Phi) is 4.94. The molecule has 8 nitrogen and oxygen atoms in total. The minimum absolute atomic E-state index is 0.124. The van der Waals surface area contributed by atoms with Crippen molar-refractivity contribution in [2.75, 3.05) is 19.8 Å². The van der Waals surface area contributed by atoms with Crippen LogP contribution in [0.1, 0.15) is 60.8 Å². The van der Waals surface area contributed by atoms with Crippen LogP contribution in [0.25, 0.3) is 0 Å². The molecule has 1 saturated heterocycles. The average Bonchev–Trinajstić information content (AvgIpc) is 3.26. The molecular formula is C16H23N5O3. The van der Waals surface area contributed by atoms with E-state index in [1.807, 2.05) is 17.7 Å². The Morgan fingerprint density at radius 1 is 1.42 bits per heavy atom. The van der Waals surface area contributed by atoms with Gasteiger partial charge in [0.2, 0.25) is 6.39 Å². The van der Waals surface area contributed by atoms with E-state index in [1.54, 1.807) is 4.90 Å². The van der Waals surface area contributed by atoms with Gasteiger partial charge in [-0.15, -0.1) is 0 Å². The molecule has 0 N–H and O–H groups in total. The van der Waals surface area contributed by atoms with E-state index in [1.165, 1.54) is 6.39 Å². The molecule has 0 aliphatic carbocycles. The highest BCUT2D eigenvalue weighted by Crippen LogP contribution is 2.24. The molecule has 2 aromatic rings. The highest BCUT2D eigenvalue weighted by molar-refractivity contribution is 5.92. The van der Waals surface area contributed by atoms with Gasteiger partial charge >= 0.3 is 0 Å². The number of aromatic nitrogens is 4. The Hall–Kier alpha value is -2.22. The number of aryl methyl sites for hydroxylation is 1. The van der Waals surface area contributed by atoms with Gasteiger partial charge in [-0.25, -0.2) is 0 Å². The summed E-state index contributed by atoms with van der Waals surface area (Å²) in [5.41, 5.74) is 1.45. The molecular weight excluding hydrogens is 310 g/mol. The first-order valence-electron chi connectivity index (χ1n) is 8.36. The Balaban J connectivity index is 1.86. The van der Waals surface area contributed by atoms with Gasteiger partial charge in [-0.1, -0.05) is 19.0 Å². The molecule has 8 heteroatoms. The summed E-state index contributed by atoms with van der Waals surface area (Å²) in [4.78, 5) is 18.8. The molecule has 1 aliphatic rings. The molecule has 0 aromatic carbocycles. The van der Waals surface area contributed by atoms with E-state index in [2.05, 4.69) is 29.1 Å². The maximum absolute atomic E-state index is 13.0. The Morgan fingerprint density at radius 2 is 2.21 bits per heavy atom. The standard InChI is InChI=1S/C16H23N5O3/c1-4-12(5-2)21-11(3)8-13(18-21)16(22)20-6-7-23-9-14(20)15-17-10-24-19-15/h8,10,12,14H,4-7,9H2,1-3H3. The zero-order valence-corrected chi connectivity index (χ0v) is 14.3. The number of rotatable bonds is 5. The molecule has 2 aromatic heterocycles. The van der Waals surface area contributed by atoms with E-state index in [-0.39, 0.29) is 11.9 Å². The number of nitrogens with zero attached hydrogens (tertiary/aromatic N) is 5. The maximum Gasteiger partial charge on any atom is 0.275 e. The molecule has 1 fully saturated rings. The van der Waals surface area contributed by atoms with Gasteiger partial charge in [0.25, 0.3) is 5.91 Å². The van der Waals surface area contributed by atoms with Gasteiger partial charge in [-0.2, -0.15) is 10.1 Å². The molecule has 0 radical (unpaired) electrons. The van der Waals surface area contributed by atoms with Crippen molar-refractivity contribution in [3.63, 3.8) is 0 Å². The molecule has 24 heavy (non-hydrogen) atoms. The van der Waals surface area contributed by atoms with Crippen LogP contribution >= 0.6 is 0 Å². The van der Waals surface area contributed by atoms with E-state index in [4.69, 9.17) is 9.26 Å². The number of morpholine rings is 1. The second-order valence-electron chi connectivity index (χ2n) is 5.96. The SMILES string of the molecule is CCC(CC)n1nc(C(=O)N2CCOCC2c2ncon2)cc1C. The number of amides is 1. The fourth-order valence-electron chi connectivity index (χ4n) is 3.13. The predicted molar refractivity (Wildman–Crippen MR) is 85.5 cm³/mol. The van der Waals surface area contributed by atoms with Crippen LogP contribution in [0, 0.1) is 6.92 Å². The van der Waals surface area contributed by atoms with Crippen molar-refractivity contribution in [2.45, 2.75) is 45.7 Å². The zero-order chi connectivity index (χ0) is 17.1. The number of carbonyl (C=O) groups is 1. The van der Waals surface area contributed by atoms with Crippen LogP contribution in [0.4, 0.5) is 0 Å². The van der Waals surface area contributed by atoms with Crippen LogP contribution in [-0.2, 0) is 4.74 Å². The van der Waals surface area contributed by atoms with Gasteiger partial charge in [-0.05, 0) is 25.8 Å². The lowest BCUT2D eigenvalue weighted by atomic mass is 10.2. The summed E-state index contributed by atoms with van der Waals surface area (Å²) in [5.74, 6) is 0.333. The van der Waals surface area contributed by atoms with Crippen LogP contribution < -0.4 is 0 Å². The molecule has 1 atom stereocenters. The van der Waals surface area contributed by atoms with Gasteiger partial charge in [0.15, 0.2) is 11.5 Å². The first-order chi connectivity index (χ1) is 11.7. The van der Waals surface area contributed by atoms with Crippen LogP contribution in [-0.4, -0.2) is 50.5 Å². The van der Waals surface area contributed by atoms with Crippen molar-refractivity contribution in [3.8, 4) is 0 Å². The van der Waals surface area contributed by atoms with Crippen LogP contribution in [0.5, 0.6) is 0 Å². The molecule has 1 unspecified atom stereocenters. The maximum atomic E-state index is 13.0. The fourth-order valence-corrected chi connectivity index (χ4v) is 3.13. The Labute approximate surface area is 140 Å². The third-order valence-corrected chi connectivity index (χ3v) is 4.50. The van der Waals surface area contributed by atoms with Crippen molar-refractivity contribution in [1.82, 2.24) is 24.8 Å². The van der Waals surface area contributed by atoms with E-state index in [0.29, 0.717) is 37.3 Å². The Bertz CT molecular complexity index is 678. The van der Waals surface area contributed by atoms with Crippen molar-refractivity contribution in [2.24, 2.45) is 0 Å². The van der Waals surface area contributed by atoms with E-state index >= 15 is 0 Å². The fraction of sp³-hybridized carbons (Fsp3) is 0.625. The summed E-state index contributed by atoms with van der Waals surface area (Å²) in [6, 6.07) is 1.82. The van der Waals surface area contributed by atoms with Crippen molar-refractivity contribution in [1.29, 1.82) is 0 Å². The van der Waals surface area contributed by atoms with E-state index < -0.39 is 0 Å². The summed E-state index contributed by atoms with van der Waals surface area (Å²) in [5, 5.41) is 8.42. The van der Waals surface area contributed by atoms with Crippen LogP contribution in [0.15, 0.2) is 17.0 Å². The van der Waals surface area contributed by atoms with Gasteiger partial charge < -0.3 is 14.2 Å². The first kappa shape index (κ1) is 16.6. The van der Waals surface area contributed by atoms with Gasteiger partial charge in [0.05, 0.1) is 19.3 Å². The van der Waals surface area contributed by atoms with E-state index in [9.17, 15) is 4.79 Å². The zero-order valence-electron chi connectivity index (χ0n) is 14.3. The summed E-state index contributed by atoms with van der Waals surface area (Å²) < 4.78 is 12.2. The minimum atomic E-state index is -0.344. The molecule has 0 saturated carbocycles. The molecule has 1 aliphatic heterocycles. The number of hydrogen-bond acceptors (Lipinski definition) is 6. The lowest BCUT2D eigenvalue weighted by molar-refractivity contribution is -0.00612. The van der Waals surface area contributed by atoms with Gasteiger partial charge in [0, 0.05) is 12.2 Å². The average molecular weight is 333 g/mol. The van der Waals surface area contributed by atoms with Crippen molar-refractivity contribution < 1.29 is 14.1 Å². The number of ether oxygens (including phenoxy) is 1. The number of carbonyl (C=O) groups excluding carboxylic acids is 1. The lowest BCUT2D eigenvalue weighted by Crippen LogP contribution is -2.44. The predicted octanol–water partition coefficient (Wildman–Crippen LogP) is 2.15. The first-order valence-corrected chi connectivity index (χ1v) is 8.36. The molecule has 1 amide bonds. The van der Waals surface area contributed by atoms with Crippen molar-refractivity contribution >= 4 is 5.91 Å². The third-order valence-electron chi connectivity index (χ3n) is 4.50. The van der Waals surface area contributed by atoms with E-state index in [0.717, 1.165) is 18.5 Å². The molecule has 3 heterocycles. The highest BCUT2D eigenvalue weighted by atomic mass is 16.5. The summed E-state index contributed by atoms with van der Waals surface area (Å²) in [7, 11) is 0. The topological polar surface area (TPSA) is 86.3 Å². The van der Waals surface area contributed by atoms with Crippen LogP contribution in [0.3, 0.4) is 0 Å². The normalized spacial score (nSPS) is 18.3. The molecule has 130 valence electrons. The number of hydrogen-bond donors (Lipinski definition) is 0. The monoisotopic (exact) mass is 333 g/mol. The van der Waals surface area contributed by atoms with Gasteiger partial charge in [-0.3, -0.25) is 9.48 Å². The third kappa shape index (κ3) is 3.06. The molecule has 0 spiro atoms. The van der Waals surface area contributed by atoms with Crippen molar-refractivity contribution in [3.05, 3.63) is 29.7 Å². The smallest absolute Gasteiger partial charge is 0.275 e. The Morgan fingerprint density at radius 3 is 2.88 bits per heavy atom. The second kappa shape index (κ2) is 7.12. The highest BCUT2D eigenvalue weighted by Gasteiger charge is 2.33. The summed E-state index contributed by atoms with van der Waals surface area (Å²) in [6.07, 6.45) is 3.23. The quantitative estimate of drug-likeness (QED) is 0.833. The summed E-state index contributed by atoms with van der Waals surface area (Å²) in [6.45, 7) is 7.58. The molecule has 0 bridgehead atoms. The minimum Gasteiger partial charge on any atom is -0.377 e. The second-order valence-corrected chi connectivity index (χ2v) is 5.96. The van der Waals surface area contributed by atoms with Crippen LogP contribution in [0.2, 0.25) is 0 Å². The lowest BCUT2D eigenvalue weighted by Gasteiger charge is -2.33.